The van der Waals surface area contributed by atoms with Crippen molar-refractivity contribution in [2.24, 2.45) is 7.05 Å². The largest absolute Gasteiger partial charge is 0.490 e. The highest BCUT2D eigenvalue weighted by atomic mass is 16.5. The van der Waals surface area contributed by atoms with Crippen molar-refractivity contribution in [3.8, 4) is 22.8 Å². The van der Waals surface area contributed by atoms with Gasteiger partial charge in [-0.3, -0.25) is 9.48 Å². The number of nitrogens with zero attached hydrogens (tertiary/aromatic N) is 4. The number of aryl methyl sites for hydroxylation is 1. The third-order valence-corrected chi connectivity index (χ3v) is 5.79. The van der Waals surface area contributed by atoms with Gasteiger partial charge in [-0.05, 0) is 42.7 Å². The summed E-state index contributed by atoms with van der Waals surface area (Å²) in [5.41, 5.74) is 2.91. The maximum absolute atomic E-state index is 13.0. The second kappa shape index (κ2) is 8.90. The minimum atomic E-state index is -0.177. The number of hydrogen-bond donors (Lipinski definition) is 1. The van der Waals surface area contributed by atoms with E-state index in [2.05, 4.69) is 20.3 Å². The zero-order valence-electron chi connectivity index (χ0n) is 18.2. The molecule has 1 N–H and O–H groups in total. The van der Waals surface area contributed by atoms with E-state index >= 15 is 0 Å². The van der Waals surface area contributed by atoms with Crippen LogP contribution in [-0.4, -0.2) is 47.0 Å². The van der Waals surface area contributed by atoms with E-state index in [9.17, 15) is 4.79 Å². The predicted molar refractivity (Wildman–Crippen MR) is 121 cm³/mol. The van der Waals surface area contributed by atoms with Crippen molar-refractivity contribution in [3.05, 3.63) is 53.9 Å². The molecule has 0 radical (unpaired) electrons. The van der Waals surface area contributed by atoms with Gasteiger partial charge in [-0.25, -0.2) is 4.98 Å². The number of carbonyl (C=O) groups is 1. The Hall–Kier alpha value is -3.55. The Morgan fingerprint density at radius 2 is 1.88 bits per heavy atom. The van der Waals surface area contributed by atoms with Gasteiger partial charge >= 0.3 is 0 Å². The van der Waals surface area contributed by atoms with Crippen LogP contribution in [0.25, 0.3) is 11.3 Å². The first-order chi connectivity index (χ1) is 15.7. The third-order valence-electron chi connectivity index (χ3n) is 5.79. The molecule has 2 aliphatic heterocycles. The molecular formula is C24H27N5O3. The molecular weight excluding hydrogens is 406 g/mol. The van der Waals surface area contributed by atoms with E-state index in [1.54, 1.807) is 10.9 Å². The Morgan fingerprint density at radius 3 is 2.66 bits per heavy atom. The lowest BCUT2D eigenvalue weighted by Crippen LogP contribution is -2.23. The average Bonchev–Trinajstić information content (AvgIpc) is 3.42. The maximum atomic E-state index is 13.0. The first-order valence-electron chi connectivity index (χ1n) is 11.1. The number of carbonyl (C=O) groups excluding carboxylic acids is 1. The molecule has 32 heavy (non-hydrogen) atoms. The highest BCUT2D eigenvalue weighted by molar-refractivity contribution is 5.99. The van der Waals surface area contributed by atoms with Crippen LogP contribution in [0.1, 0.15) is 35.2 Å². The van der Waals surface area contributed by atoms with Crippen LogP contribution in [-0.2, 0) is 13.6 Å². The van der Waals surface area contributed by atoms with Gasteiger partial charge in [0.1, 0.15) is 11.5 Å². The van der Waals surface area contributed by atoms with E-state index in [1.807, 2.05) is 43.6 Å². The van der Waals surface area contributed by atoms with Crippen molar-refractivity contribution in [1.29, 1.82) is 0 Å². The van der Waals surface area contributed by atoms with Crippen molar-refractivity contribution in [2.45, 2.75) is 25.8 Å². The molecule has 0 spiro atoms. The molecule has 4 heterocycles. The molecule has 1 saturated heterocycles. The number of hydrogen-bond acceptors (Lipinski definition) is 6. The van der Waals surface area contributed by atoms with Crippen molar-refractivity contribution in [3.63, 3.8) is 0 Å². The van der Waals surface area contributed by atoms with E-state index in [4.69, 9.17) is 9.47 Å². The lowest BCUT2D eigenvalue weighted by atomic mass is 10.1. The third kappa shape index (κ3) is 4.26. The topological polar surface area (TPSA) is 81.5 Å². The summed E-state index contributed by atoms with van der Waals surface area (Å²) in [6.07, 6.45) is 6.85. The van der Waals surface area contributed by atoms with E-state index < -0.39 is 0 Å². The van der Waals surface area contributed by atoms with Gasteiger partial charge in [-0.2, -0.15) is 5.10 Å². The van der Waals surface area contributed by atoms with Crippen LogP contribution in [0, 0.1) is 0 Å². The van der Waals surface area contributed by atoms with Crippen molar-refractivity contribution in [2.75, 3.05) is 31.2 Å². The van der Waals surface area contributed by atoms with Crippen LogP contribution in [0.5, 0.6) is 11.5 Å². The summed E-state index contributed by atoms with van der Waals surface area (Å²) in [7, 11) is 1.81. The Balaban J connectivity index is 1.30. The number of aromatic nitrogens is 3. The molecule has 2 aliphatic rings. The monoisotopic (exact) mass is 433 g/mol. The fourth-order valence-corrected chi connectivity index (χ4v) is 4.11. The zero-order valence-corrected chi connectivity index (χ0v) is 18.2. The standard InChI is InChI=1S/C24H27N5O3/c1-28-16-19(23(27-28)18-6-7-20-21(13-18)32-12-4-11-31-20)24(30)26-15-17-5-8-22(25-14-17)29-9-2-3-10-29/h5-8,13-14,16H,2-4,9-12,15H2,1H3,(H,26,30). The van der Waals surface area contributed by atoms with Crippen LogP contribution in [0.3, 0.4) is 0 Å². The van der Waals surface area contributed by atoms with Crippen molar-refractivity contribution < 1.29 is 14.3 Å². The number of pyridine rings is 1. The molecule has 0 bridgehead atoms. The van der Waals surface area contributed by atoms with E-state index in [-0.39, 0.29) is 5.91 Å². The second-order valence-corrected chi connectivity index (χ2v) is 8.18. The summed E-state index contributed by atoms with van der Waals surface area (Å²) in [5, 5.41) is 7.52. The molecule has 8 heteroatoms. The van der Waals surface area contributed by atoms with Gasteiger partial charge in [-0.15, -0.1) is 0 Å². The van der Waals surface area contributed by atoms with Crippen molar-refractivity contribution >= 4 is 11.7 Å². The summed E-state index contributed by atoms with van der Waals surface area (Å²) < 4.78 is 13.2. The van der Waals surface area contributed by atoms with Gasteiger partial charge in [0, 0.05) is 51.1 Å². The predicted octanol–water partition coefficient (Wildman–Crippen LogP) is 3.17. The number of nitrogens with one attached hydrogen (secondary N) is 1. The number of benzene rings is 1. The summed E-state index contributed by atoms with van der Waals surface area (Å²) in [6, 6.07) is 9.73. The van der Waals surface area contributed by atoms with Gasteiger partial charge in [-0.1, -0.05) is 6.07 Å². The van der Waals surface area contributed by atoms with Crippen LogP contribution in [0.15, 0.2) is 42.7 Å². The maximum Gasteiger partial charge on any atom is 0.255 e. The SMILES string of the molecule is Cn1cc(C(=O)NCc2ccc(N3CCCC3)nc2)c(-c2ccc3c(c2)OCCCO3)n1. The van der Waals surface area contributed by atoms with Gasteiger partial charge in [0.25, 0.3) is 5.91 Å². The van der Waals surface area contributed by atoms with E-state index in [0.29, 0.717) is 36.8 Å². The number of ether oxygens (including phenoxy) is 2. The molecule has 0 atom stereocenters. The number of amides is 1. The molecule has 3 aromatic rings. The molecule has 0 saturated carbocycles. The quantitative estimate of drug-likeness (QED) is 0.666. The fraction of sp³-hybridized carbons (Fsp3) is 0.375. The van der Waals surface area contributed by atoms with Crippen LogP contribution in [0.4, 0.5) is 5.82 Å². The lowest BCUT2D eigenvalue weighted by molar-refractivity contribution is 0.0951. The average molecular weight is 434 g/mol. The Bertz CT molecular complexity index is 1100. The molecule has 166 valence electrons. The highest BCUT2D eigenvalue weighted by Crippen LogP contribution is 2.34. The lowest BCUT2D eigenvalue weighted by Gasteiger charge is -2.16. The molecule has 2 aromatic heterocycles. The Morgan fingerprint density at radius 1 is 1.06 bits per heavy atom. The van der Waals surface area contributed by atoms with Gasteiger partial charge in [0.05, 0.1) is 18.8 Å². The molecule has 8 nitrogen and oxygen atoms in total. The molecule has 1 fully saturated rings. The summed E-state index contributed by atoms with van der Waals surface area (Å²) in [6.45, 7) is 3.77. The van der Waals surface area contributed by atoms with Crippen LogP contribution >= 0.6 is 0 Å². The van der Waals surface area contributed by atoms with Crippen LogP contribution in [0.2, 0.25) is 0 Å². The summed E-state index contributed by atoms with van der Waals surface area (Å²) >= 11 is 0. The smallest absolute Gasteiger partial charge is 0.255 e. The minimum Gasteiger partial charge on any atom is -0.490 e. The van der Waals surface area contributed by atoms with Gasteiger partial charge in [0.2, 0.25) is 0 Å². The molecule has 1 aromatic carbocycles. The number of rotatable bonds is 5. The number of fused-ring (bicyclic) bond motifs is 1. The van der Waals surface area contributed by atoms with Gasteiger partial charge in [0.15, 0.2) is 11.5 Å². The normalized spacial score (nSPS) is 15.5. The first-order valence-corrected chi connectivity index (χ1v) is 11.1. The summed E-state index contributed by atoms with van der Waals surface area (Å²) in [4.78, 5) is 19.8. The van der Waals surface area contributed by atoms with Gasteiger partial charge < -0.3 is 19.7 Å². The Kier molecular flexibility index (Phi) is 5.66. The van der Waals surface area contributed by atoms with Crippen LogP contribution < -0.4 is 19.7 Å². The van der Waals surface area contributed by atoms with Crippen molar-refractivity contribution in [1.82, 2.24) is 20.1 Å². The first kappa shape index (κ1) is 20.4. The molecule has 5 rings (SSSR count). The second-order valence-electron chi connectivity index (χ2n) is 8.18. The number of anilines is 1. The summed E-state index contributed by atoms with van der Waals surface area (Å²) in [5.74, 6) is 2.23. The molecule has 0 aliphatic carbocycles. The van der Waals surface area contributed by atoms with E-state index in [0.717, 1.165) is 42.2 Å². The zero-order chi connectivity index (χ0) is 21.9. The Labute approximate surface area is 187 Å². The minimum absolute atomic E-state index is 0.177. The highest BCUT2D eigenvalue weighted by Gasteiger charge is 2.20. The molecule has 1 amide bonds. The molecule has 0 unspecified atom stereocenters. The van der Waals surface area contributed by atoms with E-state index in [1.165, 1.54) is 12.8 Å². The fourth-order valence-electron chi connectivity index (χ4n) is 4.11.